The Morgan fingerprint density at radius 2 is 0.517 bits per heavy atom. The van der Waals surface area contributed by atoms with Gasteiger partial charge in [0, 0.05) is 25.7 Å². The Hall–Kier alpha value is -1.94. The van der Waals surface area contributed by atoms with Crippen molar-refractivity contribution in [3.8, 4) is 0 Å². The second-order valence-electron chi connectivity index (χ2n) is 26.2. The molecule has 0 aliphatic heterocycles. The molecular weight excluding hydrogens is 1170 g/mol. The summed E-state index contributed by atoms with van der Waals surface area (Å²) in [7, 11) is -9.89. The Balaban J connectivity index is 5.21. The third-order valence-electron chi connectivity index (χ3n) is 16.2. The van der Waals surface area contributed by atoms with Crippen molar-refractivity contribution >= 4 is 39.5 Å². The van der Waals surface area contributed by atoms with Crippen LogP contribution in [-0.4, -0.2) is 96.7 Å². The van der Waals surface area contributed by atoms with Gasteiger partial charge >= 0.3 is 39.5 Å². The summed E-state index contributed by atoms with van der Waals surface area (Å²) < 4.78 is 68.2. The van der Waals surface area contributed by atoms with Crippen molar-refractivity contribution in [2.45, 2.75) is 374 Å². The van der Waals surface area contributed by atoms with Crippen LogP contribution in [0.2, 0.25) is 0 Å². The molecule has 0 amide bonds. The van der Waals surface area contributed by atoms with Crippen molar-refractivity contribution in [2.24, 2.45) is 11.8 Å². The van der Waals surface area contributed by atoms with Gasteiger partial charge in [0.1, 0.15) is 19.3 Å². The molecule has 0 saturated carbocycles. The first-order valence-corrected chi connectivity index (χ1v) is 39.5. The highest BCUT2D eigenvalue weighted by Gasteiger charge is 2.30. The largest absolute Gasteiger partial charge is 0.472 e. The van der Waals surface area contributed by atoms with Crippen LogP contribution in [0.3, 0.4) is 0 Å². The third-order valence-corrected chi connectivity index (χ3v) is 18.1. The monoisotopic (exact) mass is 1310 g/mol. The lowest BCUT2D eigenvalue weighted by Gasteiger charge is -2.21. The molecule has 89 heavy (non-hydrogen) atoms. The molecule has 3 N–H and O–H groups in total. The van der Waals surface area contributed by atoms with Gasteiger partial charge in [0.15, 0.2) is 12.2 Å². The molecule has 17 nitrogen and oxygen atoms in total. The van der Waals surface area contributed by atoms with E-state index in [1.54, 1.807) is 0 Å². The highest BCUT2D eigenvalue weighted by Crippen LogP contribution is 2.45. The van der Waals surface area contributed by atoms with Gasteiger partial charge in [0.05, 0.1) is 26.4 Å². The van der Waals surface area contributed by atoms with Gasteiger partial charge in [-0.2, -0.15) is 0 Å². The zero-order valence-electron chi connectivity index (χ0n) is 57.7. The Labute approximate surface area is 543 Å². The summed E-state index contributed by atoms with van der Waals surface area (Å²) in [6, 6.07) is 0. The average Bonchev–Trinajstić information content (AvgIpc) is 3.63. The summed E-state index contributed by atoms with van der Waals surface area (Å²) in [5, 5.41) is 10.6. The van der Waals surface area contributed by atoms with E-state index in [-0.39, 0.29) is 25.7 Å². The molecule has 0 fully saturated rings. The summed E-state index contributed by atoms with van der Waals surface area (Å²) >= 11 is 0. The smallest absolute Gasteiger partial charge is 0.462 e. The molecule has 0 heterocycles. The first kappa shape index (κ1) is 87.1. The molecule has 0 aliphatic carbocycles. The van der Waals surface area contributed by atoms with Crippen LogP contribution in [0.1, 0.15) is 356 Å². The van der Waals surface area contributed by atoms with Gasteiger partial charge in [-0.1, -0.05) is 305 Å². The second-order valence-corrected chi connectivity index (χ2v) is 29.1. The molecule has 0 spiro atoms. The average molecular weight is 1310 g/mol. The molecule has 0 aromatic heterocycles. The fourth-order valence-electron chi connectivity index (χ4n) is 10.6. The maximum Gasteiger partial charge on any atom is 0.472 e. The lowest BCUT2D eigenvalue weighted by Crippen LogP contribution is -2.30. The van der Waals surface area contributed by atoms with Crippen LogP contribution in [0.15, 0.2) is 0 Å². The minimum absolute atomic E-state index is 0.106. The fourth-order valence-corrected chi connectivity index (χ4v) is 12.2. The number of aliphatic hydroxyl groups excluding tert-OH is 1. The van der Waals surface area contributed by atoms with Gasteiger partial charge in [0.25, 0.3) is 0 Å². The summed E-state index contributed by atoms with van der Waals surface area (Å²) in [6.45, 7) is 9.54. The molecule has 0 aliphatic rings. The molecular formula is C70H136O17P2. The molecule has 0 bridgehead atoms. The summed E-state index contributed by atoms with van der Waals surface area (Å²) in [4.78, 5) is 72.4. The molecule has 5 atom stereocenters. The number of ether oxygens (including phenoxy) is 4. The van der Waals surface area contributed by atoms with E-state index in [4.69, 9.17) is 37.0 Å². The standard InChI is InChI=1S/C70H136O17P2/c1-7-9-11-13-15-16-22-30-36-42-48-54-69(74)86-65(58-80-67(72)52-46-40-32-14-12-10-8-2)60-84-88(76,77)82-56-64(71)57-83-89(78,79)85-61-66(59-81-68(73)53-47-41-35-29-25-21-20-24-28-34-39-45-51-63(5)6)87-70(75)55-49-43-37-31-26-19-17-18-23-27-33-38-44-50-62(3)4/h62-66,71H,7-61H2,1-6H3,(H,76,77)(H,78,79)/t64-,65+,66+/m0/s1. The number of phosphoric ester groups is 2. The quantitative estimate of drug-likeness (QED) is 0.0222. The number of rotatable bonds is 69. The van der Waals surface area contributed by atoms with Gasteiger partial charge in [0.2, 0.25) is 0 Å². The maximum atomic E-state index is 13.0. The molecule has 0 rings (SSSR count). The van der Waals surface area contributed by atoms with Crippen molar-refractivity contribution in [3.63, 3.8) is 0 Å². The maximum absolute atomic E-state index is 13.0. The van der Waals surface area contributed by atoms with Crippen LogP contribution in [0, 0.1) is 11.8 Å². The van der Waals surface area contributed by atoms with Crippen LogP contribution >= 0.6 is 15.6 Å². The van der Waals surface area contributed by atoms with E-state index in [0.717, 1.165) is 115 Å². The summed E-state index contributed by atoms with van der Waals surface area (Å²) in [5.74, 6) is -0.559. The van der Waals surface area contributed by atoms with Crippen molar-refractivity contribution in [3.05, 3.63) is 0 Å². The van der Waals surface area contributed by atoms with E-state index in [1.165, 1.54) is 161 Å². The Morgan fingerprint density at radius 3 is 0.764 bits per heavy atom. The van der Waals surface area contributed by atoms with Crippen LogP contribution in [0.25, 0.3) is 0 Å². The van der Waals surface area contributed by atoms with E-state index in [0.29, 0.717) is 25.7 Å². The lowest BCUT2D eigenvalue weighted by atomic mass is 10.0. The molecule has 19 heteroatoms. The molecule has 0 aromatic rings. The van der Waals surface area contributed by atoms with Gasteiger partial charge in [-0.3, -0.25) is 37.3 Å². The molecule has 528 valence electrons. The normalized spacial score (nSPS) is 14.1. The number of carbonyl (C=O) groups is 4. The van der Waals surface area contributed by atoms with Gasteiger partial charge in [-0.05, 0) is 37.5 Å². The van der Waals surface area contributed by atoms with E-state index >= 15 is 0 Å². The number of unbranched alkanes of at least 4 members (excludes halogenated alkanes) is 39. The van der Waals surface area contributed by atoms with Crippen molar-refractivity contribution < 1.29 is 80.2 Å². The predicted octanol–water partition coefficient (Wildman–Crippen LogP) is 20.0. The van der Waals surface area contributed by atoms with E-state index in [9.17, 15) is 43.2 Å². The minimum Gasteiger partial charge on any atom is -0.462 e. The summed E-state index contributed by atoms with van der Waals surface area (Å²) in [6.07, 6.45) is 47.2. The van der Waals surface area contributed by atoms with Crippen LogP contribution in [0.4, 0.5) is 0 Å². The Kier molecular flexibility index (Phi) is 60.8. The van der Waals surface area contributed by atoms with Crippen molar-refractivity contribution in [2.75, 3.05) is 39.6 Å². The zero-order chi connectivity index (χ0) is 65.7. The van der Waals surface area contributed by atoms with Crippen molar-refractivity contribution in [1.82, 2.24) is 0 Å². The molecule has 2 unspecified atom stereocenters. The predicted molar refractivity (Wildman–Crippen MR) is 358 cm³/mol. The van der Waals surface area contributed by atoms with Gasteiger partial charge in [-0.25, -0.2) is 9.13 Å². The Morgan fingerprint density at radius 1 is 0.303 bits per heavy atom. The fraction of sp³-hybridized carbons (Fsp3) is 0.943. The highest BCUT2D eigenvalue weighted by molar-refractivity contribution is 7.47. The minimum atomic E-state index is -4.95. The second kappa shape index (κ2) is 62.2. The Bertz CT molecular complexity index is 1730. The highest BCUT2D eigenvalue weighted by atomic mass is 31.2. The number of hydrogen-bond donors (Lipinski definition) is 3. The van der Waals surface area contributed by atoms with E-state index < -0.39 is 97.5 Å². The number of esters is 4. The van der Waals surface area contributed by atoms with Crippen molar-refractivity contribution in [1.29, 1.82) is 0 Å². The molecule has 0 aromatic carbocycles. The third kappa shape index (κ3) is 64.6. The number of phosphoric acid groups is 2. The topological polar surface area (TPSA) is 237 Å². The van der Waals surface area contributed by atoms with E-state index in [1.807, 2.05) is 0 Å². The summed E-state index contributed by atoms with van der Waals surface area (Å²) in [5.41, 5.74) is 0. The first-order valence-electron chi connectivity index (χ1n) is 36.5. The van der Waals surface area contributed by atoms with Crippen LogP contribution < -0.4 is 0 Å². The molecule has 0 radical (unpaired) electrons. The first-order chi connectivity index (χ1) is 42.9. The molecule has 0 saturated heterocycles. The lowest BCUT2D eigenvalue weighted by molar-refractivity contribution is -0.161. The van der Waals surface area contributed by atoms with Crippen LogP contribution in [-0.2, 0) is 65.4 Å². The number of aliphatic hydroxyl groups is 1. The van der Waals surface area contributed by atoms with Crippen LogP contribution in [0.5, 0.6) is 0 Å². The number of hydrogen-bond acceptors (Lipinski definition) is 15. The van der Waals surface area contributed by atoms with Gasteiger partial charge < -0.3 is 33.8 Å². The van der Waals surface area contributed by atoms with Gasteiger partial charge in [-0.15, -0.1) is 0 Å². The number of carbonyl (C=O) groups excluding carboxylic acids is 4. The SMILES string of the molecule is CCCCCCCCCCCCCC(=O)O[C@H](COC(=O)CCCCCCCCC)COP(=O)(O)OC[C@H](O)COP(=O)(O)OC[C@@H](COC(=O)CCCCCCCCCCCCCCC(C)C)OC(=O)CCCCCCCCCCCCCCCC(C)C. The zero-order valence-corrected chi connectivity index (χ0v) is 59.5. The van der Waals surface area contributed by atoms with E-state index in [2.05, 4.69) is 41.5 Å².